The van der Waals surface area contributed by atoms with E-state index < -0.39 is 18.3 Å². The predicted octanol–water partition coefficient (Wildman–Crippen LogP) is 4.86. The summed E-state index contributed by atoms with van der Waals surface area (Å²) in [5, 5.41) is 3.01. The van der Waals surface area contributed by atoms with Crippen LogP contribution < -0.4 is 4.74 Å². The molecule has 0 N–H and O–H groups in total. The van der Waals surface area contributed by atoms with E-state index in [1.807, 2.05) is 0 Å². The number of ether oxygens (including phenoxy) is 3. The zero-order valence-corrected chi connectivity index (χ0v) is 14.1. The average Bonchev–Trinajstić information content (AvgIpc) is 2.63. The minimum atomic E-state index is -4.59. The Labute approximate surface area is 149 Å². The molecule has 1 heterocycles. The Bertz CT molecular complexity index is 652. The molecule has 0 amide bonds. The number of hydrogen-bond acceptors (Lipinski definition) is 4. The number of halogens is 3. The summed E-state index contributed by atoms with van der Waals surface area (Å²) in [6.45, 7) is 0.344. The van der Waals surface area contributed by atoms with Gasteiger partial charge >= 0.3 is 6.18 Å². The van der Waals surface area contributed by atoms with Crippen molar-refractivity contribution in [3.05, 3.63) is 45.8 Å². The van der Waals surface area contributed by atoms with Gasteiger partial charge in [0, 0.05) is 22.7 Å². The summed E-state index contributed by atoms with van der Waals surface area (Å²) in [6, 6.07) is 6.35. The molecule has 1 aliphatic heterocycles. The Morgan fingerprint density at radius 3 is 2.81 bits per heavy atom. The fourth-order valence-corrected chi connectivity index (χ4v) is 2.42. The molecule has 9 heteroatoms. The van der Waals surface area contributed by atoms with Crippen LogP contribution >= 0.6 is 0 Å². The zero-order chi connectivity index (χ0) is 18.8. The smallest absolute Gasteiger partial charge is 0.412 e. The molecule has 6 nitrogen and oxygen atoms in total. The van der Waals surface area contributed by atoms with E-state index in [0.29, 0.717) is 12.4 Å². The lowest BCUT2D eigenvalue weighted by Crippen LogP contribution is -2.24. The Morgan fingerprint density at radius 1 is 1.31 bits per heavy atom. The molecule has 1 unspecified atom stereocenters. The molecule has 1 aliphatic rings. The maximum atomic E-state index is 13.0. The van der Waals surface area contributed by atoms with Crippen LogP contribution in [-0.2, 0) is 9.47 Å². The number of benzene rings is 1. The summed E-state index contributed by atoms with van der Waals surface area (Å²) in [6.07, 6.45) is -1.02. The third-order valence-corrected chi connectivity index (χ3v) is 3.70. The molecule has 0 saturated carbocycles. The quantitative estimate of drug-likeness (QED) is 0.283. The zero-order valence-electron chi connectivity index (χ0n) is 14.1. The van der Waals surface area contributed by atoms with Gasteiger partial charge < -0.3 is 14.2 Å². The number of azide groups is 1. The largest absolute Gasteiger partial charge is 0.491 e. The van der Waals surface area contributed by atoms with E-state index in [0.717, 1.165) is 25.3 Å². The van der Waals surface area contributed by atoms with Crippen LogP contribution in [0.25, 0.3) is 16.5 Å². The van der Waals surface area contributed by atoms with Crippen LogP contribution in [0.15, 0.2) is 35.0 Å². The van der Waals surface area contributed by atoms with Crippen LogP contribution in [0, 0.1) is 0 Å². The van der Waals surface area contributed by atoms with Crippen LogP contribution in [0.1, 0.15) is 24.8 Å². The van der Waals surface area contributed by atoms with E-state index >= 15 is 0 Å². The molecule has 1 aromatic carbocycles. The first-order chi connectivity index (χ1) is 12.5. The van der Waals surface area contributed by atoms with Crippen molar-refractivity contribution in [3.63, 3.8) is 0 Å². The lowest BCUT2D eigenvalue weighted by molar-refractivity contribution is -0.165. The van der Waals surface area contributed by atoms with Crippen LogP contribution in [0.3, 0.4) is 0 Å². The third-order valence-electron chi connectivity index (χ3n) is 3.70. The first-order valence-electron chi connectivity index (χ1n) is 8.24. The van der Waals surface area contributed by atoms with Crippen molar-refractivity contribution < 1.29 is 27.4 Å². The molecule has 1 saturated heterocycles. The molecule has 1 atom stereocenters. The van der Waals surface area contributed by atoms with Gasteiger partial charge in [0.25, 0.3) is 0 Å². The topological polar surface area (TPSA) is 76.5 Å². The van der Waals surface area contributed by atoms with E-state index in [2.05, 4.69) is 10.0 Å². The molecule has 0 spiro atoms. The fraction of sp³-hybridized carbons (Fsp3) is 0.529. The van der Waals surface area contributed by atoms with Crippen molar-refractivity contribution in [1.29, 1.82) is 0 Å². The van der Waals surface area contributed by atoms with Crippen molar-refractivity contribution in [2.24, 2.45) is 5.11 Å². The van der Waals surface area contributed by atoms with Crippen LogP contribution in [0.5, 0.6) is 5.75 Å². The number of para-hydroxylation sites is 1. The van der Waals surface area contributed by atoms with Gasteiger partial charge in [0.1, 0.15) is 12.4 Å². The molecule has 26 heavy (non-hydrogen) atoms. The number of alkyl halides is 3. The van der Waals surface area contributed by atoms with Gasteiger partial charge in [0.15, 0.2) is 6.29 Å². The standard InChI is InChI=1S/C17H20F3N3O3/c18-17(19,20)14(12-22-23-21)11-13-5-1-2-6-15(13)24-9-10-26-16-7-3-4-8-25-16/h1-2,5-6,11,16H,3-4,7-10,12H2/b14-11-. The normalized spacial score (nSPS) is 18.3. The Kier molecular flexibility index (Phi) is 7.77. The second-order valence-electron chi connectivity index (χ2n) is 5.61. The number of rotatable bonds is 8. The van der Waals surface area contributed by atoms with Gasteiger partial charge in [-0.25, -0.2) is 0 Å². The number of nitrogens with zero attached hydrogens (tertiary/aromatic N) is 3. The maximum absolute atomic E-state index is 13.0. The van der Waals surface area contributed by atoms with Gasteiger partial charge in [-0.1, -0.05) is 23.3 Å². The molecule has 1 fully saturated rings. The highest BCUT2D eigenvalue weighted by molar-refractivity contribution is 5.61. The molecule has 142 valence electrons. The summed E-state index contributed by atoms with van der Waals surface area (Å²) >= 11 is 0. The van der Waals surface area contributed by atoms with E-state index in [1.54, 1.807) is 18.2 Å². The summed E-state index contributed by atoms with van der Waals surface area (Å²) in [4.78, 5) is 2.38. The van der Waals surface area contributed by atoms with Gasteiger partial charge in [-0.15, -0.1) is 0 Å². The van der Waals surface area contributed by atoms with E-state index in [1.165, 1.54) is 6.07 Å². The van der Waals surface area contributed by atoms with Crippen molar-refractivity contribution in [2.75, 3.05) is 26.4 Å². The minimum Gasteiger partial charge on any atom is -0.491 e. The summed E-state index contributed by atoms with van der Waals surface area (Å²) in [7, 11) is 0. The second kappa shape index (κ2) is 10.1. The minimum absolute atomic E-state index is 0.183. The molecular weight excluding hydrogens is 351 g/mol. The first-order valence-corrected chi connectivity index (χ1v) is 8.24. The van der Waals surface area contributed by atoms with Gasteiger partial charge in [0.05, 0.1) is 13.2 Å². The molecule has 1 aromatic rings. The van der Waals surface area contributed by atoms with Gasteiger partial charge in [-0.2, -0.15) is 13.2 Å². The lowest BCUT2D eigenvalue weighted by Gasteiger charge is -2.22. The molecule has 0 aromatic heterocycles. The second-order valence-corrected chi connectivity index (χ2v) is 5.61. The van der Waals surface area contributed by atoms with Crippen molar-refractivity contribution in [1.82, 2.24) is 0 Å². The Morgan fingerprint density at radius 2 is 2.12 bits per heavy atom. The van der Waals surface area contributed by atoms with Crippen molar-refractivity contribution >= 4 is 6.08 Å². The average molecular weight is 371 g/mol. The van der Waals surface area contributed by atoms with Crippen molar-refractivity contribution in [2.45, 2.75) is 31.7 Å². The molecular formula is C17H20F3N3O3. The highest BCUT2D eigenvalue weighted by Crippen LogP contribution is 2.30. The predicted molar refractivity (Wildman–Crippen MR) is 89.5 cm³/mol. The van der Waals surface area contributed by atoms with Crippen LogP contribution in [0.2, 0.25) is 0 Å². The summed E-state index contributed by atoms with van der Waals surface area (Å²) < 4.78 is 55.7. The third kappa shape index (κ3) is 6.59. The SMILES string of the molecule is [N-]=[N+]=NC/C(=C/c1ccccc1OCCOC1CCCCO1)C(F)(F)F. The molecule has 0 radical (unpaired) electrons. The van der Waals surface area contributed by atoms with Crippen LogP contribution in [0.4, 0.5) is 13.2 Å². The highest BCUT2D eigenvalue weighted by atomic mass is 19.4. The van der Waals surface area contributed by atoms with Gasteiger partial charge in [0.2, 0.25) is 0 Å². The van der Waals surface area contributed by atoms with E-state index in [9.17, 15) is 13.2 Å². The van der Waals surface area contributed by atoms with Crippen molar-refractivity contribution in [3.8, 4) is 5.75 Å². The molecule has 0 bridgehead atoms. The van der Waals surface area contributed by atoms with Gasteiger partial charge in [-0.05, 0) is 36.9 Å². The number of hydrogen-bond donors (Lipinski definition) is 0. The summed E-state index contributed by atoms with van der Waals surface area (Å²) in [5.74, 6) is 0.295. The Balaban J connectivity index is 1.99. The monoisotopic (exact) mass is 371 g/mol. The fourth-order valence-electron chi connectivity index (χ4n) is 2.42. The Hall–Kier alpha value is -2.22. The van der Waals surface area contributed by atoms with Gasteiger partial charge in [-0.3, -0.25) is 0 Å². The maximum Gasteiger partial charge on any atom is 0.412 e. The lowest BCUT2D eigenvalue weighted by atomic mass is 10.1. The highest BCUT2D eigenvalue weighted by Gasteiger charge is 2.33. The van der Waals surface area contributed by atoms with E-state index in [-0.39, 0.29) is 25.1 Å². The summed E-state index contributed by atoms with van der Waals surface area (Å²) in [5.41, 5.74) is 7.57. The van der Waals surface area contributed by atoms with Crippen LogP contribution in [-0.4, -0.2) is 38.8 Å². The molecule has 0 aliphatic carbocycles. The molecule has 2 rings (SSSR count). The van der Waals surface area contributed by atoms with E-state index in [4.69, 9.17) is 19.7 Å². The first kappa shape index (κ1) is 20.1.